The van der Waals surface area contributed by atoms with E-state index in [1.165, 1.54) is 5.69 Å². The lowest BCUT2D eigenvalue weighted by molar-refractivity contribution is 0.0532. The van der Waals surface area contributed by atoms with Gasteiger partial charge >= 0.3 is 0 Å². The van der Waals surface area contributed by atoms with E-state index in [1.807, 2.05) is 12.1 Å². The van der Waals surface area contributed by atoms with E-state index in [9.17, 15) is 0 Å². The first-order valence-corrected chi connectivity index (χ1v) is 4.69. The Morgan fingerprint density at radius 1 is 1.46 bits per heavy atom. The molecule has 0 aromatic heterocycles. The van der Waals surface area contributed by atoms with Crippen LogP contribution in [-0.2, 0) is 4.74 Å². The Morgan fingerprint density at radius 2 is 2.23 bits per heavy atom. The molecule has 0 N–H and O–H groups in total. The fourth-order valence-electron chi connectivity index (χ4n) is 1.64. The topological polar surface area (TPSA) is 12.5 Å². The Morgan fingerprint density at radius 3 is 2.92 bits per heavy atom. The Balaban J connectivity index is 2.08. The average molecular weight is 176 g/mol. The van der Waals surface area contributed by atoms with E-state index in [2.05, 4.69) is 30.0 Å². The molecule has 1 aromatic carbocycles. The standard InChI is InChI=1S/C11H14NO/c1-10-9-12(7-8-13-10)11-5-3-2-4-6-11/h3-6,10H,7-9H2,1H3/t10-/m1/s1. The molecule has 1 fully saturated rings. The molecule has 2 heteroatoms. The van der Waals surface area contributed by atoms with Gasteiger partial charge in [-0.3, -0.25) is 0 Å². The first-order chi connectivity index (χ1) is 6.36. The summed E-state index contributed by atoms with van der Waals surface area (Å²) in [7, 11) is 0. The van der Waals surface area contributed by atoms with E-state index in [-0.39, 0.29) is 0 Å². The zero-order chi connectivity index (χ0) is 9.10. The zero-order valence-corrected chi connectivity index (χ0v) is 7.86. The molecule has 0 unspecified atom stereocenters. The van der Waals surface area contributed by atoms with E-state index < -0.39 is 0 Å². The highest BCUT2D eigenvalue weighted by molar-refractivity contribution is 5.46. The summed E-state index contributed by atoms with van der Waals surface area (Å²) in [6.07, 6.45) is 0.345. The first-order valence-electron chi connectivity index (χ1n) is 4.69. The summed E-state index contributed by atoms with van der Waals surface area (Å²) in [5, 5.41) is 0. The van der Waals surface area contributed by atoms with Gasteiger partial charge in [0.05, 0.1) is 12.7 Å². The van der Waals surface area contributed by atoms with Crippen molar-refractivity contribution >= 4 is 5.69 Å². The third-order valence-corrected chi connectivity index (χ3v) is 2.31. The average Bonchev–Trinajstić information content (AvgIpc) is 2.19. The summed E-state index contributed by atoms with van der Waals surface area (Å²) in [5.41, 5.74) is 1.27. The highest BCUT2D eigenvalue weighted by Gasteiger charge is 2.16. The highest BCUT2D eigenvalue weighted by atomic mass is 16.5. The minimum Gasteiger partial charge on any atom is -0.375 e. The lowest BCUT2D eigenvalue weighted by Crippen LogP contribution is -2.41. The van der Waals surface area contributed by atoms with E-state index in [0.29, 0.717) is 6.10 Å². The van der Waals surface area contributed by atoms with E-state index in [4.69, 9.17) is 4.74 Å². The molecule has 1 atom stereocenters. The lowest BCUT2D eigenvalue weighted by atomic mass is 10.2. The van der Waals surface area contributed by atoms with Crippen molar-refractivity contribution in [2.75, 3.05) is 24.6 Å². The number of rotatable bonds is 1. The molecule has 1 saturated heterocycles. The second-order valence-electron chi connectivity index (χ2n) is 3.39. The van der Waals surface area contributed by atoms with Crippen molar-refractivity contribution < 1.29 is 4.74 Å². The Hall–Kier alpha value is -1.02. The predicted molar refractivity (Wildman–Crippen MR) is 52.9 cm³/mol. The number of nitrogens with zero attached hydrogens (tertiary/aromatic N) is 1. The summed E-state index contributed by atoms with van der Waals surface area (Å²) >= 11 is 0. The van der Waals surface area contributed by atoms with Gasteiger partial charge in [0.15, 0.2) is 0 Å². The van der Waals surface area contributed by atoms with Crippen LogP contribution in [0.5, 0.6) is 0 Å². The summed E-state index contributed by atoms with van der Waals surface area (Å²) < 4.78 is 5.48. The number of hydrogen-bond donors (Lipinski definition) is 0. The minimum absolute atomic E-state index is 0.345. The van der Waals surface area contributed by atoms with Crippen molar-refractivity contribution in [3.63, 3.8) is 0 Å². The first kappa shape index (κ1) is 8.57. The summed E-state index contributed by atoms with van der Waals surface area (Å²) in [4.78, 5) is 2.35. The number of anilines is 1. The van der Waals surface area contributed by atoms with E-state index >= 15 is 0 Å². The molecule has 1 aromatic rings. The van der Waals surface area contributed by atoms with Crippen LogP contribution in [0.15, 0.2) is 24.3 Å². The third-order valence-electron chi connectivity index (χ3n) is 2.31. The van der Waals surface area contributed by atoms with Gasteiger partial charge in [-0.2, -0.15) is 0 Å². The molecule has 0 aliphatic carbocycles. The molecule has 1 aliphatic heterocycles. The number of benzene rings is 1. The normalized spacial score (nSPS) is 23.2. The second kappa shape index (κ2) is 3.79. The fraction of sp³-hybridized carbons (Fsp3) is 0.455. The lowest BCUT2D eigenvalue weighted by Gasteiger charge is -2.32. The molecule has 1 radical (unpaired) electrons. The van der Waals surface area contributed by atoms with Crippen LogP contribution in [-0.4, -0.2) is 25.8 Å². The molecular weight excluding hydrogens is 162 g/mol. The minimum atomic E-state index is 0.345. The van der Waals surface area contributed by atoms with Crippen LogP contribution in [0, 0.1) is 6.07 Å². The Labute approximate surface area is 79.1 Å². The van der Waals surface area contributed by atoms with Gasteiger partial charge in [-0.05, 0) is 25.1 Å². The third kappa shape index (κ3) is 2.01. The van der Waals surface area contributed by atoms with Crippen LogP contribution in [0.2, 0.25) is 0 Å². The molecule has 0 saturated carbocycles. The second-order valence-corrected chi connectivity index (χ2v) is 3.39. The molecule has 2 rings (SSSR count). The zero-order valence-electron chi connectivity index (χ0n) is 7.86. The molecular formula is C11H14NO. The van der Waals surface area contributed by atoms with Gasteiger partial charge in [-0.25, -0.2) is 0 Å². The van der Waals surface area contributed by atoms with Gasteiger partial charge in [0.1, 0.15) is 0 Å². The summed E-state index contributed by atoms with van der Waals surface area (Å²) in [6.45, 7) is 4.93. The van der Waals surface area contributed by atoms with E-state index in [1.54, 1.807) is 0 Å². The van der Waals surface area contributed by atoms with Crippen molar-refractivity contribution in [1.29, 1.82) is 0 Å². The van der Waals surface area contributed by atoms with Crippen molar-refractivity contribution in [1.82, 2.24) is 0 Å². The highest BCUT2D eigenvalue weighted by Crippen LogP contribution is 2.16. The van der Waals surface area contributed by atoms with Crippen LogP contribution in [0.25, 0.3) is 0 Å². The van der Waals surface area contributed by atoms with Crippen LogP contribution in [0.3, 0.4) is 0 Å². The maximum absolute atomic E-state index is 5.48. The van der Waals surface area contributed by atoms with Gasteiger partial charge in [0.25, 0.3) is 0 Å². The van der Waals surface area contributed by atoms with E-state index in [0.717, 1.165) is 19.7 Å². The van der Waals surface area contributed by atoms with Gasteiger partial charge in [0.2, 0.25) is 0 Å². The number of hydrogen-bond acceptors (Lipinski definition) is 2. The number of ether oxygens (including phenoxy) is 1. The molecule has 0 amide bonds. The van der Waals surface area contributed by atoms with Gasteiger partial charge in [0, 0.05) is 18.8 Å². The van der Waals surface area contributed by atoms with Crippen LogP contribution in [0.4, 0.5) is 5.69 Å². The molecule has 1 heterocycles. The van der Waals surface area contributed by atoms with Crippen LogP contribution < -0.4 is 4.90 Å². The number of morpholine rings is 1. The van der Waals surface area contributed by atoms with Crippen molar-refractivity contribution in [3.8, 4) is 0 Å². The van der Waals surface area contributed by atoms with Crippen molar-refractivity contribution in [2.45, 2.75) is 13.0 Å². The maximum Gasteiger partial charge on any atom is 0.0722 e. The predicted octanol–water partition coefficient (Wildman–Crippen LogP) is 1.71. The van der Waals surface area contributed by atoms with Crippen LogP contribution >= 0.6 is 0 Å². The summed E-state index contributed by atoms with van der Waals surface area (Å²) in [6, 6.07) is 11.1. The Kier molecular flexibility index (Phi) is 2.50. The Bertz CT molecular complexity index is 260. The summed E-state index contributed by atoms with van der Waals surface area (Å²) in [5.74, 6) is 0. The molecule has 1 aliphatic rings. The smallest absolute Gasteiger partial charge is 0.0722 e. The molecule has 2 nitrogen and oxygen atoms in total. The monoisotopic (exact) mass is 176 g/mol. The largest absolute Gasteiger partial charge is 0.375 e. The fourth-order valence-corrected chi connectivity index (χ4v) is 1.64. The molecule has 69 valence electrons. The van der Waals surface area contributed by atoms with Crippen LogP contribution in [0.1, 0.15) is 6.92 Å². The quantitative estimate of drug-likeness (QED) is 0.646. The maximum atomic E-state index is 5.48. The van der Waals surface area contributed by atoms with Gasteiger partial charge in [-0.15, -0.1) is 0 Å². The van der Waals surface area contributed by atoms with Gasteiger partial charge < -0.3 is 9.64 Å². The molecule has 0 spiro atoms. The SMILES string of the molecule is C[C@@H]1CN(c2cc[c]cc2)CCO1. The van der Waals surface area contributed by atoms with Crippen molar-refractivity contribution in [3.05, 3.63) is 30.3 Å². The molecule has 13 heavy (non-hydrogen) atoms. The van der Waals surface area contributed by atoms with Crippen molar-refractivity contribution in [2.24, 2.45) is 0 Å². The van der Waals surface area contributed by atoms with Gasteiger partial charge in [-0.1, -0.05) is 12.1 Å². The molecule has 0 bridgehead atoms.